The number of para-hydroxylation sites is 2. The molecule has 5 rings (SSSR count). The fourth-order valence-corrected chi connectivity index (χ4v) is 4.46. The van der Waals surface area contributed by atoms with Gasteiger partial charge < -0.3 is 5.32 Å². The lowest BCUT2D eigenvalue weighted by Gasteiger charge is -2.20. The van der Waals surface area contributed by atoms with Gasteiger partial charge in [-0.3, -0.25) is 4.98 Å². The molecule has 0 aliphatic heterocycles. The van der Waals surface area contributed by atoms with Gasteiger partial charge in [0.15, 0.2) is 0 Å². The Morgan fingerprint density at radius 1 is 0.625 bits per heavy atom. The van der Waals surface area contributed by atoms with Crippen LogP contribution in [0, 0.1) is 0 Å². The van der Waals surface area contributed by atoms with Crippen LogP contribution in [0.3, 0.4) is 0 Å². The van der Waals surface area contributed by atoms with Crippen LogP contribution in [-0.2, 0) is 6.42 Å². The number of nitrogens with one attached hydrogen (secondary N) is 1. The van der Waals surface area contributed by atoms with Crippen LogP contribution in [0.4, 0.5) is 11.4 Å². The van der Waals surface area contributed by atoms with Crippen molar-refractivity contribution >= 4 is 45.5 Å². The zero-order chi connectivity index (χ0) is 21.9. The van der Waals surface area contributed by atoms with Crippen molar-refractivity contribution in [2.24, 2.45) is 0 Å². The number of anilines is 2. The number of halogens is 2. The molecule has 5 aromatic rings. The van der Waals surface area contributed by atoms with Crippen molar-refractivity contribution in [1.82, 2.24) is 4.98 Å². The van der Waals surface area contributed by atoms with E-state index in [1.165, 1.54) is 5.56 Å². The smallest absolute Gasteiger partial charge is 0.0763 e. The number of rotatable bonds is 5. The van der Waals surface area contributed by atoms with Crippen molar-refractivity contribution < 1.29 is 0 Å². The van der Waals surface area contributed by atoms with Crippen LogP contribution in [0.25, 0.3) is 22.0 Å². The van der Waals surface area contributed by atoms with Crippen LogP contribution in [-0.4, -0.2) is 4.98 Å². The molecule has 0 radical (unpaired) electrons. The van der Waals surface area contributed by atoms with E-state index >= 15 is 0 Å². The third kappa shape index (κ3) is 4.08. The Morgan fingerprint density at radius 3 is 1.97 bits per heavy atom. The SMILES string of the molecule is Clc1cccc(Cl)c1Nc1c(-c2ccccc2)c(Cc2ccccc2)nc2ccccc12. The zero-order valence-electron chi connectivity index (χ0n) is 17.2. The number of pyridine rings is 1. The fourth-order valence-electron chi connectivity index (χ4n) is 3.97. The summed E-state index contributed by atoms with van der Waals surface area (Å²) in [6.07, 6.45) is 0.709. The Balaban J connectivity index is 1.80. The first-order valence-corrected chi connectivity index (χ1v) is 11.2. The van der Waals surface area contributed by atoms with Gasteiger partial charge in [-0.1, -0.05) is 108 Å². The highest BCUT2D eigenvalue weighted by atomic mass is 35.5. The third-order valence-corrected chi connectivity index (χ3v) is 6.09. The van der Waals surface area contributed by atoms with E-state index in [1.807, 2.05) is 60.7 Å². The third-order valence-electron chi connectivity index (χ3n) is 5.46. The van der Waals surface area contributed by atoms with Crippen LogP contribution in [0.15, 0.2) is 103 Å². The molecule has 4 heteroatoms. The molecule has 0 atom stereocenters. The quantitative estimate of drug-likeness (QED) is 0.287. The van der Waals surface area contributed by atoms with E-state index in [0.717, 1.165) is 33.4 Å². The van der Waals surface area contributed by atoms with Gasteiger partial charge in [0.05, 0.1) is 32.6 Å². The number of fused-ring (bicyclic) bond motifs is 1. The Kier molecular flexibility index (Phi) is 5.81. The lowest BCUT2D eigenvalue weighted by molar-refractivity contribution is 1.10. The first-order valence-electron chi connectivity index (χ1n) is 10.4. The number of hydrogen-bond donors (Lipinski definition) is 1. The maximum Gasteiger partial charge on any atom is 0.0763 e. The molecule has 0 amide bonds. The first kappa shape index (κ1) is 20.6. The molecule has 0 spiro atoms. The predicted octanol–water partition coefficient (Wildman–Crippen LogP) is 8.54. The minimum atomic E-state index is 0.571. The summed E-state index contributed by atoms with van der Waals surface area (Å²) < 4.78 is 0. The van der Waals surface area contributed by atoms with Crippen molar-refractivity contribution in [3.05, 3.63) is 124 Å². The fraction of sp³-hybridized carbons (Fsp3) is 0.0357. The molecular formula is C28H20Cl2N2. The van der Waals surface area contributed by atoms with Crippen molar-refractivity contribution in [2.45, 2.75) is 6.42 Å². The summed E-state index contributed by atoms with van der Waals surface area (Å²) in [4.78, 5) is 5.09. The molecule has 1 heterocycles. The van der Waals surface area contributed by atoms with Gasteiger partial charge in [-0.05, 0) is 29.3 Å². The molecule has 0 bridgehead atoms. The Hall–Kier alpha value is -3.33. The molecular weight excluding hydrogens is 435 g/mol. The van der Waals surface area contributed by atoms with E-state index in [9.17, 15) is 0 Å². The molecule has 1 aromatic heterocycles. The molecule has 4 aromatic carbocycles. The summed E-state index contributed by atoms with van der Waals surface area (Å²) in [5, 5.41) is 5.73. The summed E-state index contributed by atoms with van der Waals surface area (Å²) >= 11 is 13.1. The molecule has 0 aliphatic rings. The Labute approximate surface area is 197 Å². The second-order valence-electron chi connectivity index (χ2n) is 7.58. The highest BCUT2D eigenvalue weighted by molar-refractivity contribution is 6.39. The Morgan fingerprint density at radius 2 is 1.25 bits per heavy atom. The van der Waals surface area contributed by atoms with E-state index in [-0.39, 0.29) is 0 Å². The average molecular weight is 455 g/mol. The van der Waals surface area contributed by atoms with Crippen LogP contribution in [0.1, 0.15) is 11.3 Å². The van der Waals surface area contributed by atoms with Gasteiger partial charge in [0.2, 0.25) is 0 Å². The van der Waals surface area contributed by atoms with Crippen molar-refractivity contribution in [1.29, 1.82) is 0 Å². The van der Waals surface area contributed by atoms with Gasteiger partial charge in [-0.25, -0.2) is 0 Å². The second kappa shape index (κ2) is 9.04. The van der Waals surface area contributed by atoms with Crippen molar-refractivity contribution in [2.75, 3.05) is 5.32 Å². The molecule has 0 saturated heterocycles. The number of hydrogen-bond acceptors (Lipinski definition) is 2. The summed E-state index contributed by atoms with van der Waals surface area (Å²) in [6.45, 7) is 0. The molecule has 156 valence electrons. The van der Waals surface area contributed by atoms with Crippen LogP contribution < -0.4 is 5.32 Å². The molecule has 0 fully saturated rings. The van der Waals surface area contributed by atoms with Crippen molar-refractivity contribution in [3.8, 4) is 11.1 Å². The van der Waals surface area contributed by atoms with E-state index < -0.39 is 0 Å². The predicted molar refractivity (Wildman–Crippen MR) is 136 cm³/mol. The highest BCUT2D eigenvalue weighted by Gasteiger charge is 2.19. The number of benzene rings is 4. The summed E-state index contributed by atoms with van der Waals surface area (Å²) in [5.41, 5.74) is 6.88. The first-order chi connectivity index (χ1) is 15.7. The van der Waals surface area contributed by atoms with E-state index in [1.54, 1.807) is 0 Å². The summed E-state index contributed by atoms with van der Waals surface area (Å²) in [5.74, 6) is 0. The maximum absolute atomic E-state index is 6.54. The Bertz CT molecular complexity index is 1360. The van der Waals surface area contributed by atoms with Crippen molar-refractivity contribution in [3.63, 3.8) is 0 Å². The zero-order valence-corrected chi connectivity index (χ0v) is 18.7. The van der Waals surface area contributed by atoms with E-state index in [2.05, 4.69) is 47.8 Å². The van der Waals surface area contributed by atoms with Gasteiger partial charge in [-0.15, -0.1) is 0 Å². The summed E-state index contributed by atoms with van der Waals surface area (Å²) in [7, 11) is 0. The minimum Gasteiger partial charge on any atom is -0.352 e. The van der Waals surface area contributed by atoms with Gasteiger partial charge in [0.1, 0.15) is 0 Å². The topological polar surface area (TPSA) is 24.9 Å². The van der Waals surface area contributed by atoms with Gasteiger partial charge in [0.25, 0.3) is 0 Å². The average Bonchev–Trinajstić information content (AvgIpc) is 2.82. The van der Waals surface area contributed by atoms with Gasteiger partial charge >= 0.3 is 0 Å². The monoisotopic (exact) mass is 454 g/mol. The molecule has 0 unspecified atom stereocenters. The normalized spacial score (nSPS) is 10.9. The van der Waals surface area contributed by atoms with Crippen LogP contribution in [0.5, 0.6) is 0 Å². The van der Waals surface area contributed by atoms with Gasteiger partial charge in [0, 0.05) is 17.4 Å². The molecule has 1 N–H and O–H groups in total. The van der Waals surface area contributed by atoms with Crippen LogP contribution in [0.2, 0.25) is 10.0 Å². The number of nitrogens with zero attached hydrogens (tertiary/aromatic N) is 1. The second-order valence-corrected chi connectivity index (χ2v) is 8.39. The molecule has 0 saturated carbocycles. The largest absolute Gasteiger partial charge is 0.352 e. The standard InChI is InChI=1S/C28H20Cl2N2/c29-22-15-9-16-23(30)28(22)32-27-21-14-7-8-17-24(21)31-25(18-19-10-3-1-4-11-19)26(27)20-12-5-2-6-13-20/h1-17H,18H2,(H,31,32). The van der Waals surface area contributed by atoms with Crippen LogP contribution >= 0.6 is 23.2 Å². The summed E-state index contributed by atoms with van der Waals surface area (Å²) in [6, 6.07) is 34.4. The highest BCUT2D eigenvalue weighted by Crippen LogP contribution is 2.42. The lowest BCUT2D eigenvalue weighted by Crippen LogP contribution is -2.04. The molecule has 2 nitrogen and oxygen atoms in total. The van der Waals surface area contributed by atoms with E-state index in [0.29, 0.717) is 22.2 Å². The van der Waals surface area contributed by atoms with E-state index in [4.69, 9.17) is 28.2 Å². The molecule has 0 aliphatic carbocycles. The van der Waals surface area contributed by atoms with Gasteiger partial charge in [-0.2, -0.15) is 0 Å². The molecule has 32 heavy (non-hydrogen) atoms. The minimum absolute atomic E-state index is 0.571. The lowest BCUT2D eigenvalue weighted by atomic mass is 9.95. The number of aromatic nitrogens is 1. The maximum atomic E-state index is 6.54.